The first-order chi connectivity index (χ1) is 16.3. The number of para-hydroxylation sites is 1. The molecule has 1 atom stereocenters. The number of benzene rings is 2. The molecule has 4 rings (SSSR count). The molecular formula is C27H31F3N2O2. The minimum atomic E-state index is -1.53. The Morgan fingerprint density at radius 2 is 1.88 bits per heavy atom. The molecule has 0 saturated heterocycles. The van der Waals surface area contributed by atoms with Crippen LogP contribution in [0.2, 0.25) is 0 Å². The van der Waals surface area contributed by atoms with Crippen LogP contribution < -0.4 is 4.74 Å². The number of hydrogen-bond donors (Lipinski definition) is 1. The molecule has 1 aromatic heterocycles. The van der Waals surface area contributed by atoms with Crippen molar-refractivity contribution in [3.63, 3.8) is 0 Å². The lowest BCUT2D eigenvalue weighted by Gasteiger charge is -2.38. The summed E-state index contributed by atoms with van der Waals surface area (Å²) in [5.41, 5.74) is 0.993. The van der Waals surface area contributed by atoms with E-state index in [1.807, 2.05) is 29.2 Å². The summed E-state index contributed by atoms with van der Waals surface area (Å²) in [6.45, 7) is 3.80. The fourth-order valence-electron chi connectivity index (χ4n) is 4.87. The number of nitrogens with zero attached hydrogens (tertiary/aromatic N) is 1. The van der Waals surface area contributed by atoms with E-state index in [9.17, 15) is 9.18 Å². The fraction of sp³-hybridized carbons (Fsp3) is 0.444. The van der Waals surface area contributed by atoms with Crippen LogP contribution in [0.3, 0.4) is 0 Å². The molecule has 0 amide bonds. The minimum Gasteiger partial charge on any atom is -0.493 e. The standard InChI is InChI=1S/C27H31F3N2O2/c1-27(2,30)17-32-12-11-20-19-9-5-6-10-23(19)31-25(20)26(32)24-21(28)15-18(16-22(24)29)34-14-8-4-3-7-13-33/h5-6,9-10,13,15-16,26,31H,3-4,7-8,11-12,14,17H2,1-2H3. The predicted molar refractivity (Wildman–Crippen MR) is 127 cm³/mol. The maximum Gasteiger partial charge on any atom is 0.135 e. The number of aromatic amines is 1. The van der Waals surface area contributed by atoms with Gasteiger partial charge in [0.1, 0.15) is 29.3 Å². The Bertz CT molecular complexity index is 1130. The van der Waals surface area contributed by atoms with E-state index in [1.165, 1.54) is 26.0 Å². The van der Waals surface area contributed by atoms with Gasteiger partial charge in [0.25, 0.3) is 0 Å². The summed E-state index contributed by atoms with van der Waals surface area (Å²) >= 11 is 0. The van der Waals surface area contributed by atoms with Gasteiger partial charge in [-0.3, -0.25) is 4.90 Å². The van der Waals surface area contributed by atoms with Crippen LogP contribution in [-0.4, -0.2) is 41.5 Å². The predicted octanol–water partition coefficient (Wildman–Crippen LogP) is 6.28. The molecular weight excluding hydrogens is 441 g/mol. The smallest absolute Gasteiger partial charge is 0.135 e. The molecule has 4 nitrogen and oxygen atoms in total. The summed E-state index contributed by atoms with van der Waals surface area (Å²) in [6.07, 6.45) is 4.31. The van der Waals surface area contributed by atoms with Crippen molar-refractivity contribution in [3.05, 3.63) is 64.9 Å². The Morgan fingerprint density at radius 1 is 1.15 bits per heavy atom. The van der Waals surface area contributed by atoms with Gasteiger partial charge in [0.2, 0.25) is 0 Å². The highest BCUT2D eigenvalue weighted by atomic mass is 19.1. The number of H-pyrrole nitrogens is 1. The number of halogens is 3. The zero-order chi connectivity index (χ0) is 24.3. The third-order valence-electron chi connectivity index (χ3n) is 6.27. The van der Waals surface area contributed by atoms with Gasteiger partial charge in [-0.2, -0.15) is 0 Å². The van der Waals surface area contributed by atoms with Crippen molar-refractivity contribution in [2.45, 2.75) is 57.7 Å². The quantitative estimate of drug-likeness (QED) is 0.279. The van der Waals surface area contributed by atoms with Gasteiger partial charge in [0.05, 0.1) is 12.6 Å². The molecule has 1 aliphatic heterocycles. The Hall–Kier alpha value is -2.80. The number of aromatic nitrogens is 1. The first kappa shape index (κ1) is 24.3. The van der Waals surface area contributed by atoms with Crippen LogP contribution in [0.5, 0.6) is 5.75 Å². The lowest BCUT2D eigenvalue weighted by molar-refractivity contribution is -0.107. The maximum absolute atomic E-state index is 15.4. The highest BCUT2D eigenvalue weighted by molar-refractivity contribution is 5.85. The summed E-state index contributed by atoms with van der Waals surface area (Å²) in [5.74, 6) is -1.30. The molecule has 1 aliphatic rings. The second kappa shape index (κ2) is 10.2. The lowest BCUT2D eigenvalue weighted by atomic mass is 9.90. The number of aldehydes is 1. The number of unbranched alkanes of at least 4 members (excludes halogenated alkanes) is 3. The van der Waals surface area contributed by atoms with Crippen molar-refractivity contribution >= 4 is 17.2 Å². The van der Waals surface area contributed by atoms with Gasteiger partial charge in [-0.25, -0.2) is 13.2 Å². The topological polar surface area (TPSA) is 45.3 Å². The number of rotatable bonds is 10. The van der Waals surface area contributed by atoms with Gasteiger partial charge in [0, 0.05) is 53.8 Å². The van der Waals surface area contributed by atoms with Gasteiger partial charge >= 0.3 is 0 Å². The van der Waals surface area contributed by atoms with E-state index in [1.54, 1.807) is 0 Å². The molecule has 0 fully saturated rings. The Labute approximate surface area is 198 Å². The van der Waals surface area contributed by atoms with E-state index < -0.39 is 23.3 Å². The molecule has 34 heavy (non-hydrogen) atoms. The third kappa shape index (κ3) is 5.30. The largest absolute Gasteiger partial charge is 0.493 e. The Balaban J connectivity index is 1.66. The van der Waals surface area contributed by atoms with Gasteiger partial charge < -0.3 is 14.5 Å². The minimum absolute atomic E-state index is 0.0460. The highest BCUT2D eigenvalue weighted by Gasteiger charge is 2.37. The number of nitrogens with one attached hydrogen (secondary N) is 1. The number of fused-ring (bicyclic) bond motifs is 3. The number of ether oxygens (including phenoxy) is 1. The van der Waals surface area contributed by atoms with E-state index in [2.05, 4.69) is 4.98 Å². The number of hydrogen-bond acceptors (Lipinski definition) is 3. The zero-order valence-electron chi connectivity index (χ0n) is 19.7. The van der Waals surface area contributed by atoms with Crippen molar-refractivity contribution < 1.29 is 22.7 Å². The number of carbonyl (C=O) groups excluding carboxylic acids is 1. The fourth-order valence-corrected chi connectivity index (χ4v) is 4.87. The molecule has 0 spiro atoms. The molecule has 2 heterocycles. The van der Waals surface area contributed by atoms with Crippen LogP contribution in [0, 0.1) is 11.6 Å². The molecule has 0 bridgehead atoms. The van der Waals surface area contributed by atoms with Crippen LogP contribution in [0.25, 0.3) is 10.9 Å². The monoisotopic (exact) mass is 472 g/mol. The maximum atomic E-state index is 15.4. The summed E-state index contributed by atoms with van der Waals surface area (Å²) in [4.78, 5) is 15.5. The lowest BCUT2D eigenvalue weighted by Crippen LogP contribution is -2.43. The Kier molecular flexibility index (Phi) is 7.31. The van der Waals surface area contributed by atoms with Crippen molar-refractivity contribution in [2.24, 2.45) is 0 Å². The van der Waals surface area contributed by atoms with E-state index in [-0.39, 0.29) is 17.9 Å². The molecule has 1 unspecified atom stereocenters. The molecule has 182 valence electrons. The number of alkyl halides is 1. The summed E-state index contributed by atoms with van der Waals surface area (Å²) in [6, 6.07) is 9.42. The van der Waals surface area contributed by atoms with Crippen LogP contribution in [0.4, 0.5) is 13.2 Å². The molecule has 2 aromatic carbocycles. The summed E-state index contributed by atoms with van der Waals surface area (Å²) in [7, 11) is 0. The van der Waals surface area contributed by atoms with Crippen LogP contribution in [0.1, 0.15) is 62.4 Å². The van der Waals surface area contributed by atoms with E-state index in [0.29, 0.717) is 38.1 Å². The first-order valence-electron chi connectivity index (χ1n) is 11.9. The van der Waals surface area contributed by atoms with Crippen molar-refractivity contribution in [1.29, 1.82) is 0 Å². The Morgan fingerprint density at radius 3 is 2.59 bits per heavy atom. The second-order valence-electron chi connectivity index (χ2n) is 9.57. The van der Waals surface area contributed by atoms with E-state index in [0.717, 1.165) is 35.6 Å². The summed E-state index contributed by atoms with van der Waals surface area (Å²) < 4.78 is 51.1. The van der Waals surface area contributed by atoms with Gasteiger partial charge in [0.15, 0.2) is 0 Å². The van der Waals surface area contributed by atoms with E-state index in [4.69, 9.17) is 4.74 Å². The average molecular weight is 473 g/mol. The highest BCUT2D eigenvalue weighted by Crippen LogP contribution is 2.41. The molecule has 0 saturated carbocycles. The van der Waals surface area contributed by atoms with Crippen LogP contribution in [-0.2, 0) is 11.2 Å². The zero-order valence-corrected chi connectivity index (χ0v) is 19.7. The van der Waals surface area contributed by atoms with Crippen LogP contribution in [0.15, 0.2) is 36.4 Å². The first-order valence-corrected chi connectivity index (χ1v) is 11.9. The molecule has 3 aromatic rings. The van der Waals surface area contributed by atoms with Gasteiger partial charge in [-0.05, 0) is 51.2 Å². The average Bonchev–Trinajstić information content (AvgIpc) is 3.14. The molecule has 1 N–H and O–H groups in total. The molecule has 7 heteroatoms. The normalized spacial score (nSPS) is 16.6. The molecule has 0 aliphatic carbocycles. The second-order valence-corrected chi connectivity index (χ2v) is 9.57. The van der Waals surface area contributed by atoms with Gasteiger partial charge in [-0.15, -0.1) is 0 Å². The van der Waals surface area contributed by atoms with Crippen LogP contribution >= 0.6 is 0 Å². The van der Waals surface area contributed by atoms with E-state index >= 15 is 8.78 Å². The number of carbonyl (C=O) groups is 1. The van der Waals surface area contributed by atoms with Crippen molar-refractivity contribution in [2.75, 3.05) is 19.7 Å². The van der Waals surface area contributed by atoms with Crippen molar-refractivity contribution in [3.8, 4) is 5.75 Å². The van der Waals surface area contributed by atoms with Gasteiger partial charge in [-0.1, -0.05) is 18.2 Å². The molecule has 0 radical (unpaired) electrons. The van der Waals surface area contributed by atoms with Crippen molar-refractivity contribution in [1.82, 2.24) is 9.88 Å². The third-order valence-corrected chi connectivity index (χ3v) is 6.27. The SMILES string of the molecule is CC(C)(F)CN1CCc2c([nH]c3ccccc23)C1c1c(F)cc(OCCCCCC=O)cc1F. The summed E-state index contributed by atoms with van der Waals surface area (Å²) in [5, 5.41) is 1.03.